The number of benzene rings is 2. The van der Waals surface area contributed by atoms with E-state index in [1.165, 1.54) is 39.7 Å². The van der Waals surface area contributed by atoms with Crippen molar-refractivity contribution in [1.82, 2.24) is 14.5 Å². The van der Waals surface area contributed by atoms with Crippen molar-refractivity contribution in [3.8, 4) is 11.5 Å². The van der Waals surface area contributed by atoms with Gasteiger partial charge in [-0.05, 0) is 61.0 Å². The summed E-state index contributed by atoms with van der Waals surface area (Å²) in [5, 5.41) is 2.79. The summed E-state index contributed by atoms with van der Waals surface area (Å²) >= 11 is 0. The Morgan fingerprint density at radius 1 is 1.02 bits per heavy atom. The number of carbonyl (C=O) groups excluding carboxylic acids is 2. The van der Waals surface area contributed by atoms with Gasteiger partial charge >= 0.3 is 0 Å². The number of nitrogens with one attached hydrogen (secondary N) is 1. The molecule has 1 N–H and O–H groups in total. The van der Waals surface area contributed by atoms with Gasteiger partial charge in [0.1, 0.15) is 23.3 Å². The molecule has 1 fully saturated rings. The minimum atomic E-state index is -3.64. The highest BCUT2D eigenvalue weighted by Gasteiger charge is 2.28. The lowest BCUT2D eigenvalue weighted by Crippen LogP contribution is -2.48. The van der Waals surface area contributed by atoms with Gasteiger partial charge in [-0.25, -0.2) is 8.42 Å². The van der Waals surface area contributed by atoms with Crippen LogP contribution in [0.25, 0.3) is 0 Å². The van der Waals surface area contributed by atoms with E-state index in [0.717, 1.165) is 5.56 Å². The number of carbonyl (C=O) groups is 2. The second kappa shape index (κ2) is 13.5. The second-order valence-corrected chi connectivity index (χ2v) is 11.1. The number of amides is 2. The molecule has 1 aromatic heterocycles. The van der Waals surface area contributed by atoms with Crippen LogP contribution in [0.15, 0.2) is 76.2 Å². The van der Waals surface area contributed by atoms with Crippen LogP contribution in [-0.4, -0.2) is 75.5 Å². The monoisotopic (exact) mass is 571 g/mol. The third-order valence-electron chi connectivity index (χ3n) is 6.49. The maximum Gasteiger partial charge on any atom is 0.261 e. The van der Waals surface area contributed by atoms with Gasteiger partial charge in [0.05, 0.1) is 38.0 Å². The fraction of sp³-hybridized carbons (Fsp3) is 0.357. The van der Waals surface area contributed by atoms with Crippen LogP contribution >= 0.6 is 0 Å². The fourth-order valence-corrected chi connectivity index (χ4v) is 5.53. The van der Waals surface area contributed by atoms with E-state index >= 15 is 0 Å². The van der Waals surface area contributed by atoms with Crippen LogP contribution in [0.5, 0.6) is 11.5 Å². The van der Waals surface area contributed by atoms with E-state index in [0.29, 0.717) is 43.6 Å². The van der Waals surface area contributed by atoms with Crippen LogP contribution in [0, 0.1) is 0 Å². The Hall–Kier alpha value is -3.87. The Kier molecular flexibility index (Phi) is 9.80. The van der Waals surface area contributed by atoms with Gasteiger partial charge in [0.25, 0.3) is 5.91 Å². The van der Waals surface area contributed by atoms with E-state index in [9.17, 15) is 18.0 Å². The molecular formula is C28H33N3O8S. The molecule has 12 heteroatoms. The summed E-state index contributed by atoms with van der Waals surface area (Å²) in [7, 11) is -2.08. The molecule has 0 unspecified atom stereocenters. The van der Waals surface area contributed by atoms with E-state index in [4.69, 9.17) is 18.6 Å². The first-order valence-corrected chi connectivity index (χ1v) is 14.2. The van der Waals surface area contributed by atoms with Crippen molar-refractivity contribution < 1.29 is 36.6 Å². The summed E-state index contributed by atoms with van der Waals surface area (Å²) in [6, 6.07) is 15.8. The average Bonchev–Trinajstić information content (AvgIpc) is 3.52. The van der Waals surface area contributed by atoms with Crippen LogP contribution in [0.2, 0.25) is 0 Å². The largest absolute Gasteiger partial charge is 0.497 e. The molecule has 0 bridgehead atoms. The van der Waals surface area contributed by atoms with Gasteiger partial charge in [0.2, 0.25) is 15.9 Å². The predicted octanol–water partition coefficient (Wildman–Crippen LogP) is 2.42. The zero-order valence-electron chi connectivity index (χ0n) is 22.4. The smallest absolute Gasteiger partial charge is 0.261 e. The number of hydrogen-bond acceptors (Lipinski definition) is 8. The molecule has 1 aliphatic heterocycles. The van der Waals surface area contributed by atoms with Crippen molar-refractivity contribution in [2.75, 3.05) is 40.0 Å². The molecule has 0 saturated carbocycles. The maximum atomic E-state index is 13.3. The number of morpholine rings is 1. The lowest BCUT2D eigenvalue weighted by atomic mass is 10.1. The third-order valence-corrected chi connectivity index (χ3v) is 8.40. The molecule has 40 heavy (non-hydrogen) atoms. The van der Waals surface area contributed by atoms with E-state index in [1.54, 1.807) is 38.3 Å². The van der Waals surface area contributed by atoms with Gasteiger partial charge in [-0.2, -0.15) is 4.31 Å². The number of sulfonamides is 1. The summed E-state index contributed by atoms with van der Waals surface area (Å²) in [6.45, 7) is 2.96. The van der Waals surface area contributed by atoms with Crippen molar-refractivity contribution in [2.45, 2.75) is 31.0 Å². The highest BCUT2D eigenvalue weighted by Crippen LogP contribution is 2.21. The molecule has 214 valence electrons. The van der Waals surface area contributed by atoms with Gasteiger partial charge in [-0.3, -0.25) is 9.59 Å². The van der Waals surface area contributed by atoms with E-state index in [1.807, 2.05) is 12.1 Å². The molecule has 2 aromatic carbocycles. The molecule has 2 amide bonds. The molecule has 3 aromatic rings. The normalized spacial score (nSPS) is 14.8. The van der Waals surface area contributed by atoms with Gasteiger partial charge in [-0.15, -0.1) is 0 Å². The van der Waals surface area contributed by atoms with Gasteiger partial charge < -0.3 is 28.8 Å². The van der Waals surface area contributed by atoms with Crippen molar-refractivity contribution >= 4 is 21.8 Å². The first-order chi connectivity index (χ1) is 19.3. The summed E-state index contributed by atoms with van der Waals surface area (Å²) in [5.74, 6) is 0.829. The molecule has 0 radical (unpaired) electrons. The van der Waals surface area contributed by atoms with Crippen molar-refractivity contribution in [2.24, 2.45) is 0 Å². The zero-order chi connectivity index (χ0) is 28.5. The predicted molar refractivity (Wildman–Crippen MR) is 145 cm³/mol. The lowest BCUT2D eigenvalue weighted by molar-refractivity contribution is -0.142. The average molecular weight is 572 g/mol. The second-order valence-electron chi connectivity index (χ2n) is 9.12. The Morgan fingerprint density at radius 3 is 2.33 bits per heavy atom. The van der Waals surface area contributed by atoms with E-state index in [2.05, 4.69) is 5.32 Å². The number of hydrogen-bond donors (Lipinski definition) is 1. The molecule has 11 nitrogen and oxygen atoms in total. The Bertz CT molecular complexity index is 1350. The first kappa shape index (κ1) is 29.1. The Balaban J connectivity index is 1.42. The van der Waals surface area contributed by atoms with Crippen molar-refractivity contribution in [3.63, 3.8) is 0 Å². The summed E-state index contributed by atoms with van der Waals surface area (Å²) < 4.78 is 48.5. The number of rotatable bonds is 12. The minimum absolute atomic E-state index is 0.135. The Morgan fingerprint density at radius 2 is 1.70 bits per heavy atom. The number of ether oxygens (including phenoxy) is 3. The van der Waals surface area contributed by atoms with E-state index in [-0.39, 0.29) is 30.5 Å². The number of furan rings is 1. The van der Waals surface area contributed by atoms with Crippen LogP contribution in [0.1, 0.15) is 18.2 Å². The van der Waals surface area contributed by atoms with Gasteiger partial charge in [-0.1, -0.05) is 12.1 Å². The molecule has 0 spiro atoms. The number of methoxy groups -OCH3 is 1. The first-order valence-electron chi connectivity index (χ1n) is 12.8. The minimum Gasteiger partial charge on any atom is -0.497 e. The van der Waals surface area contributed by atoms with Crippen molar-refractivity contribution in [1.29, 1.82) is 0 Å². The van der Waals surface area contributed by atoms with Crippen molar-refractivity contribution in [3.05, 3.63) is 78.3 Å². The molecule has 1 aliphatic rings. The Labute approximate surface area is 233 Å². The fourth-order valence-electron chi connectivity index (χ4n) is 4.12. The molecule has 2 heterocycles. The van der Waals surface area contributed by atoms with Gasteiger partial charge in [0.15, 0.2) is 6.61 Å². The topological polar surface area (TPSA) is 128 Å². The summed E-state index contributed by atoms with van der Waals surface area (Å²) in [6.07, 6.45) is 1.52. The maximum absolute atomic E-state index is 13.3. The molecule has 1 atom stereocenters. The third kappa shape index (κ3) is 7.40. The molecule has 0 aliphatic carbocycles. The van der Waals surface area contributed by atoms with Crippen LogP contribution in [0.4, 0.5) is 0 Å². The summed E-state index contributed by atoms with van der Waals surface area (Å²) in [4.78, 5) is 27.8. The van der Waals surface area contributed by atoms with E-state index < -0.39 is 22.0 Å². The zero-order valence-corrected chi connectivity index (χ0v) is 23.3. The summed E-state index contributed by atoms with van der Waals surface area (Å²) in [5.41, 5.74) is 0.803. The van der Waals surface area contributed by atoms with Crippen LogP contribution < -0.4 is 14.8 Å². The van der Waals surface area contributed by atoms with Gasteiger partial charge in [0, 0.05) is 19.6 Å². The van der Waals surface area contributed by atoms with Crippen LogP contribution in [0.3, 0.4) is 0 Å². The quantitative estimate of drug-likeness (QED) is 0.351. The standard InChI is InChI=1S/C28H33N3O8S/c1-21(28(33)29-18-25-4-3-15-38-25)31(19-22-5-7-23(36-2)8-6-22)27(32)20-39-24-9-11-26(12-10-24)40(34,35)30-13-16-37-17-14-30/h3-12,15,21H,13-14,16-20H2,1-2H3,(H,29,33)/t21-/m0/s1. The highest BCUT2D eigenvalue weighted by molar-refractivity contribution is 7.89. The SMILES string of the molecule is COc1ccc(CN(C(=O)COc2ccc(S(=O)(=O)N3CCOCC3)cc2)[C@@H](C)C(=O)NCc2ccco2)cc1. The highest BCUT2D eigenvalue weighted by atomic mass is 32.2. The van der Waals surface area contributed by atoms with Crippen LogP contribution in [-0.2, 0) is 37.4 Å². The molecular weight excluding hydrogens is 538 g/mol. The lowest BCUT2D eigenvalue weighted by Gasteiger charge is -2.28. The molecule has 1 saturated heterocycles. The number of nitrogens with zero attached hydrogens (tertiary/aromatic N) is 2. The molecule has 4 rings (SSSR count).